The Morgan fingerprint density at radius 2 is 1.75 bits per heavy atom. The summed E-state index contributed by atoms with van der Waals surface area (Å²) in [5.41, 5.74) is -3.06. The van der Waals surface area contributed by atoms with Crippen molar-refractivity contribution in [2.24, 2.45) is 45.8 Å². The number of hydrogen-bond acceptors (Lipinski definition) is 6. The van der Waals surface area contributed by atoms with Crippen molar-refractivity contribution in [1.82, 2.24) is 10.2 Å². The second-order valence-electron chi connectivity index (χ2n) is 14.0. The highest BCUT2D eigenvalue weighted by Crippen LogP contribution is 2.69. The minimum atomic E-state index is -4.57. The molecule has 1 heterocycles. The zero-order valence-electron chi connectivity index (χ0n) is 25.0. The highest BCUT2D eigenvalue weighted by molar-refractivity contribution is 5.93. The average molecular weight is 573 g/mol. The third-order valence-corrected chi connectivity index (χ3v) is 11.7. The van der Waals surface area contributed by atoms with Gasteiger partial charge in [0.1, 0.15) is 11.9 Å². The lowest BCUT2D eigenvalue weighted by Gasteiger charge is -2.61. The molecule has 2 bridgehead atoms. The largest absolute Gasteiger partial charge is 0.445 e. The van der Waals surface area contributed by atoms with Gasteiger partial charge in [0.15, 0.2) is 0 Å². The lowest BCUT2D eigenvalue weighted by Crippen LogP contribution is -2.63. The summed E-state index contributed by atoms with van der Waals surface area (Å²) in [4.78, 5) is 42.5. The minimum Gasteiger partial charge on any atom is -0.445 e. The number of halogens is 3. The van der Waals surface area contributed by atoms with Crippen molar-refractivity contribution in [3.05, 3.63) is 0 Å². The van der Waals surface area contributed by atoms with Crippen LogP contribution in [0.3, 0.4) is 0 Å². The Kier molecular flexibility index (Phi) is 8.49. The molecule has 4 rings (SSSR count). The summed E-state index contributed by atoms with van der Waals surface area (Å²) in [6.07, 6.45) is -4.61. The van der Waals surface area contributed by atoms with Gasteiger partial charge in [-0.25, -0.2) is 4.79 Å². The molecule has 1 N–H and O–H groups in total. The van der Waals surface area contributed by atoms with E-state index in [2.05, 4.69) is 12.2 Å². The van der Waals surface area contributed by atoms with Gasteiger partial charge in [-0.3, -0.25) is 14.9 Å². The number of rotatable bonds is 4. The summed E-state index contributed by atoms with van der Waals surface area (Å²) in [6.45, 7) is 10.6. The number of methoxy groups -OCH3 is 1. The van der Waals surface area contributed by atoms with Gasteiger partial charge in [0.2, 0.25) is 5.91 Å². The first-order valence-electron chi connectivity index (χ1n) is 14.8. The lowest BCUT2D eigenvalue weighted by molar-refractivity contribution is -0.207. The maximum atomic E-state index is 14.0. The number of ether oxygens (including phenoxy) is 2. The normalized spacial score (nSPS) is 44.4. The van der Waals surface area contributed by atoms with Crippen LogP contribution >= 0.6 is 0 Å². The zero-order valence-corrected chi connectivity index (χ0v) is 25.0. The van der Waals surface area contributed by atoms with E-state index >= 15 is 0 Å². The molecule has 7 nitrogen and oxygen atoms in total. The third kappa shape index (κ3) is 5.32. The standard InChI is InChI=1S/C30H47F3N2O5/c1-17-10-13-35(6)15-20(17)25(37)34-26(38)40-22-14-27(4,16-30(31,32)33)24(36)19(3)29-11-8-18(2)28(22,5)23(29)21(39-7)9-12-29/h17-23H,8-16H2,1-7H3,(H,34,37,38)/t17-,18+,19-,20-,21?,22+,23?,27-,28-,29?/m0/s1. The first-order chi connectivity index (χ1) is 18.5. The fourth-order valence-electron chi connectivity index (χ4n) is 9.19. The van der Waals surface area contributed by atoms with Crippen molar-refractivity contribution in [2.45, 2.75) is 97.9 Å². The van der Waals surface area contributed by atoms with Crippen LogP contribution < -0.4 is 5.32 Å². The Hall–Kier alpha value is -1.68. The Labute approximate surface area is 236 Å². The lowest BCUT2D eigenvalue weighted by atomic mass is 9.43. The van der Waals surface area contributed by atoms with E-state index in [0.29, 0.717) is 25.8 Å². The summed E-state index contributed by atoms with van der Waals surface area (Å²) in [6, 6.07) is 0. The molecule has 10 atom stereocenters. The number of carbonyl (C=O) groups excluding carboxylic acids is 3. The van der Waals surface area contributed by atoms with Crippen LogP contribution in [0.5, 0.6) is 0 Å². The van der Waals surface area contributed by atoms with Crippen LogP contribution in [-0.2, 0) is 19.1 Å². The Balaban J connectivity index is 1.72. The number of nitrogens with one attached hydrogen (secondary N) is 1. The van der Waals surface area contributed by atoms with Crippen molar-refractivity contribution in [2.75, 3.05) is 27.2 Å². The second kappa shape index (κ2) is 10.9. The molecule has 0 aromatic carbocycles. The molecule has 0 spiro atoms. The van der Waals surface area contributed by atoms with E-state index in [0.717, 1.165) is 19.4 Å². The minimum absolute atomic E-state index is 0.00238. The maximum Gasteiger partial charge on any atom is 0.414 e. The van der Waals surface area contributed by atoms with Gasteiger partial charge < -0.3 is 14.4 Å². The smallest absolute Gasteiger partial charge is 0.414 e. The molecule has 0 aromatic rings. The molecule has 4 aliphatic rings. The fourth-order valence-corrected chi connectivity index (χ4v) is 9.19. The van der Waals surface area contributed by atoms with Gasteiger partial charge >= 0.3 is 12.3 Å². The van der Waals surface area contributed by atoms with Crippen LogP contribution in [0.1, 0.15) is 79.6 Å². The van der Waals surface area contributed by atoms with Crippen molar-refractivity contribution in [3.63, 3.8) is 0 Å². The number of hydrogen-bond donors (Lipinski definition) is 1. The van der Waals surface area contributed by atoms with Crippen molar-refractivity contribution in [3.8, 4) is 0 Å². The number of imide groups is 1. The number of likely N-dealkylation sites (tertiary alicyclic amines) is 1. The van der Waals surface area contributed by atoms with E-state index in [1.165, 1.54) is 6.92 Å². The maximum absolute atomic E-state index is 14.0. The summed E-state index contributed by atoms with van der Waals surface area (Å²) < 4.78 is 53.9. The molecule has 40 heavy (non-hydrogen) atoms. The molecule has 1 saturated heterocycles. The quantitative estimate of drug-likeness (QED) is 0.472. The Morgan fingerprint density at radius 3 is 2.38 bits per heavy atom. The first-order valence-corrected chi connectivity index (χ1v) is 14.8. The summed E-state index contributed by atoms with van der Waals surface area (Å²) >= 11 is 0. The SMILES string of the molecule is COC1CCC23CC[C@@H](C)[C@](C)(C12)[C@H](OC(=O)NC(=O)[C@H]1CN(C)CC[C@@H]1C)C[C@@](C)(CC(F)(F)F)C(=O)[C@@H]3C. The average Bonchev–Trinajstić information content (AvgIpc) is 3.25. The van der Waals surface area contributed by atoms with E-state index in [1.807, 2.05) is 25.8 Å². The summed E-state index contributed by atoms with van der Waals surface area (Å²) in [5, 5.41) is 2.40. The molecular formula is C30H47F3N2O5. The van der Waals surface area contributed by atoms with Crippen molar-refractivity contribution < 1.29 is 37.0 Å². The zero-order chi connectivity index (χ0) is 29.8. The number of nitrogens with zero attached hydrogens (tertiary/aromatic N) is 1. The third-order valence-electron chi connectivity index (χ3n) is 11.7. The van der Waals surface area contributed by atoms with Gasteiger partial charge in [-0.05, 0) is 69.4 Å². The van der Waals surface area contributed by atoms with E-state index in [1.54, 1.807) is 14.0 Å². The molecular weight excluding hydrogens is 525 g/mol. The molecule has 2 amide bonds. The highest BCUT2D eigenvalue weighted by Gasteiger charge is 2.69. The van der Waals surface area contributed by atoms with Gasteiger partial charge in [0.05, 0.1) is 18.4 Å². The van der Waals surface area contributed by atoms with Crippen LogP contribution in [-0.4, -0.2) is 68.3 Å². The Morgan fingerprint density at radius 1 is 1.10 bits per heavy atom. The predicted octanol–water partition coefficient (Wildman–Crippen LogP) is 5.61. The van der Waals surface area contributed by atoms with Gasteiger partial charge in [0.25, 0.3) is 0 Å². The molecule has 1 aliphatic heterocycles. The van der Waals surface area contributed by atoms with Crippen molar-refractivity contribution >= 4 is 17.8 Å². The fraction of sp³-hybridized carbons (Fsp3) is 0.900. The number of Topliss-reactive ketones (excluding diaryl/α,β-unsaturated/α-hetero) is 1. The molecule has 0 radical (unpaired) electrons. The number of ketones is 1. The Bertz CT molecular complexity index is 1010. The monoisotopic (exact) mass is 572 g/mol. The summed E-state index contributed by atoms with van der Waals surface area (Å²) in [5.74, 6) is -1.95. The van der Waals surface area contributed by atoms with E-state index in [4.69, 9.17) is 9.47 Å². The first kappa shape index (κ1) is 31.3. The van der Waals surface area contributed by atoms with E-state index in [-0.39, 0.29) is 30.3 Å². The summed E-state index contributed by atoms with van der Waals surface area (Å²) in [7, 11) is 3.56. The molecule has 10 heteroatoms. The van der Waals surface area contributed by atoms with Crippen LogP contribution in [0.15, 0.2) is 0 Å². The number of alkyl halides is 3. The topological polar surface area (TPSA) is 84.9 Å². The highest BCUT2D eigenvalue weighted by atomic mass is 19.4. The van der Waals surface area contributed by atoms with Crippen LogP contribution in [0.25, 0.3) is 0 Å². The number of alkyl carbamates (subject to hydrolysis) is 1. The van der Waals surface area contributed by atoms with Gasteiger partial charge in [-0.15, -0.1) is 0 Å². The van der Waals surface area contributed by atoms with Gasteiger partial charge in [-0.1, -0.05) is 34.6 Å². The van der Waals surface area contributed by atoms with E-state index < -0.39 is 64.6 Å². The number of carbonyl (C=O) groups is 3. The van der Waals surface area contributed by atoms with Crippen LogP contribution in [0, 0.1) is 45.8 Å². The number of piperidine rings is 1. The van der Waals surface area contributed by atoms with Crippen LogP contribution in [0.4, 0.5) is 18.0 Å². The van der Waals surface area contributed by atoms with Gasteiger partial charge in [-0.2, -0.15) is 13.2 Å². The molecule has 0 aromatic heterocycles. The predicted molar refractivity (Wildman–Crippen MR) is 143 cm³/mol. The molecule has 3 aliphatic carbocycles. The van der Waals surface area contributed by atoms with Gasteiger partial charge in [0, 0.05) is 36.3 Å². The van der Waals surface area contributed by atoms with Crippen molar-refractivity contribution in [1.29, 1.82) is 0 Å². The molecule has 4 fully saturated rings. The van der Waals surface area contributed by atoms with Crippen LogP contribution in [0.2, 0.25) is 0 Å². The second-order valence-corrected chi connectivity index (χ2v) is 14.0. The molecule has 228 valence electrons. The molecule has 3 unspecified atom stereocenters. The van der Waals surface area contributed by atoms with E-state index in [9.17, 15) is 27.6 Å². The number of amides is 2. The molecule has 3 saturated carbocycles.